The maximum Gasteiger partial charge on any atom is 0.244 e. The van der Waals surface area contributed by atoms with Gasteiger partial charge in [-0.25, -0.2) is 8.42 Å². The fraction of sp³-hybridized carbons (Fsp3) is 0.364. The number of hydrogen-bond donors (Lipinski definition) is 1. The highest BCUT2D eigenvalue weighted by Crippen LogP contribution is 2.30. The lowest BCUT2D eigenvalue weighted by Crippen LogP contribution is -2.51. The molecule has 8 nitrogen and oxygen atoms in total. The zero-order valence-electron chi connectivity index (χ0n) is 19.1. The molecule has 0 aliphatic rings. The van der Waals surface area contributed by atoms with Crippen LogP contribution in [0.5, 0.6) is 5.75 Å². The molecule has 0 saturated heterocycles. The first-order valence-electron chi connectivity index (χ1n) is 10.2. The first kappa shape index (κ1) is 28.0. The predicted molar refractivity (Wildman–Crippen MR) is 135 cm³/mol. The van der Waals surface area contributed by atoms with E-state index in [0.29, 0.717) is 27.8 Å². The van der Waals surface area contributed by atoms with Crippen LogP contribution in [0.1, 0.15) is 18.9 Å². The maximum absolute atomic E-state index is 13.5. The Hall–Kier alpha value is -2.20. The molecule has 0 bridgehead atoms. The van der Waals surface area contributed by atoms with Gasteiger partial charge in [-0.2, -0.15) is 0 Å². The van der Waals surface area contributed by atoms with Gasteiger partial charge < -0.3 is 15.0 Å². The maximum atomic E-state index is 13.5. The van der Waals surface area contributed by atoms with Gasteiger partial charge in [-0.15, -0.1) is 0 Å². The van der Waals surface area contributed by atoms with E-state index in [9.17, 15) is 18.0 Å². The Kier molecular flexibility index (Phi) is 9.87. The molecule has 0 fully saturated rings. The number of carbonyl (C=O) groups excluding carboxylic acids is 2. The molecule has 12 heteroatoms. The number of hydrogen-bond acceptors (Lipinski definition) is 5. The monoisotopic (exact) mass is 549 g/mol. The fourth-order valence-corrected chi connectivity index (χ4v) is 4.91. The van der Waals surface area contributed by atoms with E-state index < -0.39 is 28.5 Å². The number of ether oxygens (including phenoxy) is 1. The Balaban J connectivity index is 2.48. The lowest BCUT2D eigenvalue weighted by atomic mass is 10.1. The van der Waals surface area contributed by atoms with Crippen molar-refractivity contribution in [2.75, 3.05) is 31.3 Å². The number of amides is 2. The molecule has 2 aromatic carbocycles. The summed E-state index contributed by atoms with van der Waals surface area (Å²) in [6.07, 6.45) is 1.28. The molecular formula is C22H26Cl3N3O5S. The summed E-state index contributed by atoms with van der Waals surface area (Å²) in [5.74, 6) is -0.631. The molecule has 2 rings (SSSR count). The van der Waals surface area contributed by atoms with Crippen molar-refractivity contribution in [2.45, 2.75) is 25.9 Å². The van der Waals surface area contributed by atoms with Gasteiger partial charge in [0.25, 0.3) is 0 Å². The predicted octanol–water partition coefficient (Wildman–Crippen LogP) is 3.97. The molecule has 2 aromatic rings. The summed E-state index contributed by atoms with van der Waals surface area (Å²) >= 11 is 18.5. The summed E-state index contributed by atoms with van der Waals surface area (Å²) in [5, 5.41) is 3.47. The van der Waals surface area contributed by atoms with Crippen LogP contribution < -0.4 is 14.4 Å². The van der Waals surface area contributed by atoms with Crippen molar-refractivity contribution in [2.24, 2.45) is 0 Å². The van der Waals surface area contributed by atoms with Gasteiger partial charge in [0.1, 0.15) is 18.3 Å². The van der Waals surface area contributed by atoms with Gasteiger partial charge in [0.2, 0.25) is 21.8 Å². The van der Waals surface area contributed by atoms with Crippen molar-refractivity contribution in [3.05, 3.63) is 57.0 Å². The normalized spacial score (nSPS) is 12.1. The molecule has 0 radical (unpaired) electrons. The second-order valence-corrected chi connectivity index (χ2v) is 10.5. The third-order valence-corrected chi connectivity index (χ3v) is 7.11. The molecule has 0 heterocycles. The minimum absolute atomic E-state index is 0.0261. The van der Waals surface area contributed by atoms with Crippen LogP contribution >= 0.6 is 34.8 Å². The van der Waals surface area contributed by atoms with Crippen molar-refractivity contribution in [3.8, 4) is 5.75 Å². The van der Waals surface area contributed by atoms with Gasteiger partial charge in [-0.1, -0.05) is 47.8 Å². The van der Waals surface area contributed by atoms with Crippen molar-refractivity contribution in [1.29, 1.82) is 0 Å². The van der Waals surface area contributed by atoms with E-state index in [1.807, 2.05) is 0 Å². The lowest BCUT2D eigenvalue weighted by Gasteiger charge is -2.32. The molecule has 0 spiro atoms. The van der Waals surface area contributed by atoms with Gasteiger partial charge >= 0.3 is 0 Å². The molecule has 1 atom stereocenters. The molecule has 1 N–H and O–H groups in total. The van der Waals surface area contributed by atoms with Gasteiger partial charge in [-0.05, 0) is 42.3 Å². The van der Waals surface area contributed by atoms with Crippen LogP contribution in [0.25, 0.3) is 0 Å². The quantitative estimate of drug-likeness (QED) is 0.483. The molecule has 2 amide bonds. The summed E-state index contributed by atoms with van der Waals surface area (Å²) < 4.78 is 31.2. The Morgan fingerprint density at radius 3 is 2.26 bits per heavy atom. The van der Waals surface area contributed by atoms with Gasteiger partial charge in [0.05, 0.1) is 24.1 Å². The van der Waals surface area contributed by atoms with E-state index in [-0.39, 0.29) is 23.2 Å². The third-order valence-electron chi connectivity index (χ3n) is 5.09. The number of benzene rings is 2. The number of halogens is 3. The highest BCUT2D eigenvalue weighted by Gasteiger charge is 2.31. The largest absolute Gasteiger partial charge is 0.495 e. The Morgan fingerprint density at radius 2 is 1.76 bits per heavy atom. The van der Waals surface area contributed by atoms with E-state index in [1.165, 1.54) is 43.3 Å². The Morgan fingerprint density at radius 1 is 1.09 bits per heavy atom. The first-order chi connectivity index (χ1) is 15.9. The van der Waals surface area contributed by atoms with Crippen LogP contribution in [0, 0.1) is 0 Å². The van der Waals surface area contributed by atoms with E-state index in [2.05, 4.69) is 5.32 Å². The van der Waals surface area contributed by atoms with Crippen LogP contribution in [-0.2, 0) is 26.2 Å². The smallest absolute Gasteiger partial charge is 0.244 e. The zero-order valence-corrected chi connectivity index (χ0v) is 22.2. The minimum Gasteiger partial charge on any atom is -0.495 e. The summed E-state index contributed by atoms with van der Waals surface area (Å²) in [7, 11) is -0.989. The number of sulfonamides is 1. The van der Waals surface area contributed by atoms with E-state index in [4.69, 9.17) is 39.5 Å². The minimum atomic E-state index is -3.89. The number of carbonyl (C=O) groups is 2. The number of nitrogens with one attached hydrogen (secondary N) is 1. The number of anilines is 1. The molecule has 0 aliphatic carbocycles. The zero-order chi connectivity index (χ0) is 25.6. The van der Waals surface area contributed by atoms with Crippen molar-refractivity contribution in [1.82, 2.24) is 10.2 Å². The molecule has 0 aliphatic heterocycles. The second kappa shape index (κ2) is 12.0. The molecule has 0 saturated carbocycles. The third kappa shape index (κ3) is 6.91. The number of likely N-dealkylation sites (N-methyl/N-ethyl adjacent to an activating group) is 1. The second-order valence-electron chi connectivity index (χ2n) is 7.38. The topological polar surface area (TPSA) is 96.0 Å². The Labute approximate surface area is 214 Å². The molecule has 34 heavy (non-hydrogen) atoms. The van der Waals surface area contributed by atoms with Crippen LogP contribution in [0.2, 0.25) is 15.1 Å². The van der Waals surface area contributed by atoms with Crippen LogP contribution in [0.15, 0.2) is 36.4 Å². The summed E-state index contributed by atoms with van der Waals surface area (Å²) in [6, 6.07) is 8.33. The van der Waals surface area contributed by atoms with Gasteiger partial charge in [0.15, 0.2) is 0 Å². The number of rotatable bonds is 10. The standard InChI is InChI=1S/C22H26Cl3N3O5S/c1-5-19(22(30)26-2)27(12-14-6-7-15(23)10-17(14)24)21(29)13-28(34(4,31)32)16-8-9-20(33-3)18(25)11-16/h6-11,19H,5,12-13H2,1-4H3,(H,26,30). The van der Waals surface area contributed by atoms with Crippen LogP contribution in [0.3, 0.4) is 0 Å². The molecular weight excluding hydrogens is 525 g/mol. The molecule has 186 valence electrons. The van der Waals surface area contributed by atoms with Crippen molar-refractivity contribution < 1.29 is 22.7 Å². The van der Waals surface area contributed by atoms with E-state index in [1.54, 1.807) is 19.1 Å². The summed E-state index contributed by atoms with van der Waals surface area (Å²) in [6.45, 7) is 1.17. The van der Waals surface area contributed by atoms with Crippen molar-refractivity contribution in [3.63, 3.8) is 0 Å². The SMILES string of the molecule is CCC(C(=O)NC)N(Cc1ccc(Cl)cc1Cl)C(=O)CN(c1ccc(OC)c(Cl)c1)S(C)(=O)=O. The lowest BCUT2D eigenvalue weighted by molar-refractivity contribution is -0.140. The van der Waals surface area contributed by atoms with Crippen molar-refractivity contribution >= 4 is 62.3 Å². The average molecular weight is 551 g/mol. The van der Waals surface area contributed by atoms with E-state index >= 15 is 0 Å². The van der Waals surface area contributed by atoms with Crippen LogP contribution in [0.4, 0.5) is 5.69 Å². The number of methoxy groups -OCH3 is 1. The highest BCUT2D eigenvalue weighted by molar-refractivity contribution is 7.92. The molecule has 1 unspecified atom stereocenters. The van der Waals surface area contributed by atoms with Gasteiger partial charge in [-0.3, -0.25) is 13.9 Å². The molecule has 0 aromatic heterocycles. The Bertz CT molecular complexity index is 1160. The highest BCUT2D eigenvalue weighted by atomic mass is 35.5. The summed E-state index contributed by atoms with van der Waals surface area (Å²) in [4.78, 5) is 27.4. The van der Waals surface area contributed by atoms with E-state index in [0.717, 1.165) is 10.6 Å². The average Bonchev–Trinajstić information content (AvgIpc) is 2.77. The first-order valence-corrected chi connectivity index (χ1v) is 13.2. The number of nitrogens with zero attached hydrogens (tertiary/aromatic N) is 2. The fourth-order valence-electron chi connectivity index (χ4n) is 3.34. The van der Waals surface area contributed by atoms with Gasteiger partial charge in [0, 0.05) is 23.6 Å². The van der Waals surface area contributed by atoms with Crippen LogP contribution in [-0.4, -0.2) is 58.1 Å². The summed E-state index contributed by atoms with van der Waals surface area (Å²) in [5.41, 5.74) is 0.735.